The van der Waals surface area contributed by atoms with Crippen LogP contribution in [0.5, 0.6) is 0 Å². The zero-order chi connectivity index (χ0) is 17.3. The third kappa shape index (κ3) is 3.17. The number of aryl methyl sites for hydroxylation is 1. The summed E-state index contributed by atoms with van der Waals surface area (Å²) in [5, 5.41) is 7.11. The second-order valence-electron chi connectivity index (χ2n) is 5.96. The van der Waals surface area contributed by atoms with E-state index in [9.17, 15) is 9.59 Å². The standard InChI is InChI=1S/C15H22N6O3/c1-4-12-16-14(18-17-12)11-9-21(5-6-24-11)8-10-7-13(22)20(3)15(23)19(10)2/h7,11H,4-6,8-9H2,1-3H3,(H,16,17,18)/t11-/m0/s1. The van der Waals surface area contributed by atoms with Crippen molar-refractivity contribution in [2.24, 2.45) is 14.1 Å². The van der Waals surface area contributed by atoms with Crippen LogP contribution in [-0.2, 0) is 31.8 Å². The second-order valence-corrected chi connectivity index (χ2v) is 5.96. The minimum Gasteiger partial charge on any atom is -0.367 e. The highest BCUT2D eigenvalue weighted by Crippen LogP contribution is 2.20. The lowest BCUT2D eigenvalue weighted by Crippen LogP contribution is -2.42. The normalized spacial score (nSPS) is 18.9. The van der Waals surface area contributed by atoms with Crippen LogP contribution in [0.4, 0.5) is 0 Å². The summed E-state index contributed by atoms with van der Waals surface area (Å²) in [4.78, 5) is 30.5. The number of H-pyrrole nitrogens is 1. The third-order valence-corrected chi connectivity index (χ3v) is 4.33. The molecule has 0 radical (unpaired) electrons. The Labute approximate surface area is 138 Å². The van der Waals surface area contributed by atoms with Gasteiger partial charge in [0, 0.05) is 51.9 Å². The van der Waals surface area contributed by atoms with E-state index in [1.165, 1.54) is 17.7 Å². The van der Waals surface area contributed by atoms with Crippen LogP contribution < -0.4 is 11.2 Å². The SMILES string of the molecule is CCc1nc([C@@H]2CN(Cc3cc(=O)n(C)c(=O)n3C)CCO2)n[nH]1. The molecule has 1 aliphatic rings. The summed E-state index contributed by atoms with van der Waals surface area (Å²) < 4.78 is 8.38. The van der Waals surface area contributed by atoms with Crippen molar-refractivity contribution in [3.63, 3.8) is 0 Å². The highest BCUT2D eigenvalue weighted by atomic mass is 16.5. The Morgan fingerprint density at radius 3 is 2.83 bits per heavy atom. The number of nitrogens with one attached hydrogen (secondary N) is 1. The van der Waals surface area contributed by atoms with Gasteiger partial charge < -0.3 is 4.74 Å². The van der Waals surface area contributed by atoms with Gasteiger partial charge in [-0.15, -0.1) is 0 Å². The van der Waals surface area contributed by atoms with Crippen LogP contribution in [0.2, 0.25) is 0 Å². The molecule has 9 nitrogen and oxygen atoms in total. The van der Waals surface area contributed by atoms with Gasteiger partial charge in [-0.2, -0.15) is 5.10 Å². The van der Waals surface area contributed by atoms with E-state index in [1.807, 2.05) is 6.92 Å². The van der Waals surface area contributed by atoms with Gasteiger partial charge in [-0.1, -0.05) is 6.92 Å². The lowest BCUT2D eigenvalue weighted by molar-refractivity contribution is -0.0377. The molecule has 2 aromatic rings. The zero-order valence-electron chi connectivity index (χ0n) is 14.2. The van der Waals surface area contributed by atoms with E-state index in [2.05, 4.69) is 20.1 Å². The van der Waals surface area contributed by atoms with Gasteiger partial charge in [0.05, 0.1) is 6.61 Å². The quantitative estimate of drug-likeness (QED) is 0.797. The molecule has 2 aromatic heterocycles. The van der Waals surface area contributed by atoms with Crippen molar-refractivity contribution in [3.05, 3.63) is 44.2 Å². The molecule has 0 aromatic carbocycles. The first-order valence-electron chi connectivity index (χ1n) is 8.00. The average Bonchev–Trinajstić information content (AvgIpc) is 3.07. The van der Waals surface area contributed by atoms with E-state index >= 15 is 0 Å². The van der Waals surface area contributed by atoms with E-state index in [1.54, 1.807) is 7.05 Å². The van der Waals surface area contributed by atoms with Crippen LogP contribution in [0.15, 0.2) is 15.7 Å². The third-order valence-electron chi connectivity index (χ3n) is 4.33. The maximum absolute atomic E-state index is 12.0. The Balaban J connectivity index is 1.76. The maximum atomic E-state index is 12.0. The molecular weight excluding hydrogens is 312 g/mol. The van der Waals surface area contributed by atoms with E-state index in [0.717, 1.165) is 23.4 Å². The van der Waals surface area contributed by atoms with Crippen LogP contribution in [0.25, 0.3) is 0 Å². The largest absolute Gasteiger partial charge is 0.367 e. The highest BCUT2D eigenvalue weighted by molar-refractivity contribution is 5.03. The lowest BCUT2D eigenvalue weighted by atomic mass is 10.2. The first kappa shape index (κ1) is 16.6. The van der Waals surface area contributed by atoms with Crippen molar-refractivity contribution in [2.45, 2.75) is 26.0 Å². The fourth-order valence-corrected chi connectivity index (χ4v) is 2.77. The molecule has 130 valence electrons. The Morgan fingerprint density at radius 2 is 2.12 bits per heavy atom. The van der Waals surface area contributed by atoms with Crippen molar-refractivity contribution in [1.82, 2.24) is 29.2 Å². The van der Waals surface area contributed by atoms with Crippen LogP contribution in [0.3, 0.4) is 0 Å². The molecule has 0 amide bonds. The summed E-state index contributed by atoms with van der Waals surface area (Å²) in [6.45, 7) is 4.41. The minimum atomic E-state index is -0.316. The number of hydrogen-bond acceptors (Lipinski definition) is 6. The fraction of sp³-hybridized carbons (Fsp3) is 0.600. The van der Waals surface area contributed by atoms with E-state index < -0.39 is 0 Å². The summed E-state index contributed by atoms with van der Waals surface area (Å²) >= 11 is 0. The van der Waals surface area contributed by atoms with Crippen LogP contribution in [0.1, 0.15) is 30.4 Å². The molecule has 0 saturated carbocycles. The minimum absolute atomic E-state index is 0.209. The van der Waals surface area contributed by atoms with E-state index in [0.29, 0.717) is 31.2 Å². The Kier molecular flexibility index (Phi) is 4.63. The van der Waals surface area contributed by atoms with Gasteiger partial charge in [-0.3, -0.25) is 23.9 Å². The van der Waals surface area contributed by atoms with Gasteiger partial charge in [-0.05, 0) is 0 Å². The van der Waals surface area contributed by atoms with Gasteiger partial charge >= 0.3 is 5.69 Å². The Bertz CT molecular complexity index is 836. The second kappa shape index (κ2) is 6.70. The first-order chi connectivity index (χ1) is 11.5. The van der Waals surface area contributed by atoms with E-state index in [4.69, 9.17) is 4.74 Å². The topological polar surface area (TPSA) is 98.0 Å². The predicted octanol–water partition coefficient (Wildman–Crippen LogP) is -0.662. The molecule has 1 aliphatic heterocycles. The van der Waals surface area contributed by atoms with Crippen LogP contribution in [-0.4, -0.2) is 48.9 Å². The summed E-state index contributed by atoms with van der Waals surface area (Å²) in [5.74, 6) is 1.48. The summed E-state index contributed by atoms with van der Waals surface area (Å²) in [7, 11) is 3.16. The summed E-state index contributed by atoms with van der Waals surface area (Å²) in [6, 6.07) is 1.51. The van der Waals surface area contributed by atoms with Gasteiger partial charge in [-0.25, -0.2) is 9.78 Å². The van der Waals surface area contributed by atoms with Crippen molar-refractivity contribution >= 4 is 0 Å². The Hall–Kier alpha value is -2.26. The number of ether oxygens (including phenoxy) is 1. The van der Waals surface area contributed by atoms with Crippen molar-refractivity contribution in [2.75, 3.05) is 19.7 Å². The lowest BCUT2D eigenvalue weighted by Gasteiger charge is -2.31. The average molecular weight is 334 g/mol. The summed E-state index contributed by atoms with van der Waals surface area (Å²) in [5.41, 5.74) is 0.0799. The molecule has 3 heterocycles. The van der Waals surface area contributed by atoms with Crippen LogP contribution >= 0.6 is 0 Å². The van der Waals surface area contributed by atoms with E-state index in [-0.39, 0.29) is 17.4 Å². The molecule has 0 aliphatic carbocycles. The molecule has 3 rings (SSSR count). The molecule has 0 spiro atoms. The number of hydrogen-bond donors (Lipinski definition) is 1. The van der Waals surface area contributed by atoms with Gasteiger partial charge in [0.25, 0.3) is 5.56 Å². The molecule has 0 unspecified atom stereocenters. The van der Waals surface area contributed by atoms with Gasteiger partial charge in [0.15, 0.2) is 5.82 Å². The molecule has 1 saturated heterocycles. The maximum Gasteiger partial charge on any atom is 0.330 e. The fourth-order valence-electron chi connectivity index (χ4n) is 2.77. The number of rotatable bonds is 4. The highest BCUT2D eigenvalue weighted by Gasteiger charge is 2.26. The monoisotopic (exact) mass is 334 g/mol. The van der Waals surface area contributed by atoms with Crippen molar-refractivity contribution in [1.29, 1.82) is 0 Å². The van der Waals surface area contributed by atoms with Gasteiger partial charge in [0.2, 0.25) is 0 Å². The number of aromatic nitrogens is 5. The molecule has 9 heteroatoms. The van der Waals surface area contributed by atoms with Crippen LogP contribution in [0, 0.1) is 0 Å². The van der Waals surface area contributed by atoms with Crippen molar-refractivity contribution < 1.29 is 4.74 Å². The first-order valence-corrected chi connectivity index (χ1v) is 8.00. The van der Waals surface area contributed by atoms with Gasteiger partial charge in [0.1, 0.15) is 11.9 Å². The molecule has 24 heavy (non-hydrogen) atoms. The number of morpholine rings is 1. The molecule has 1 N–H and O–H groups in total. The number of aromatic amines is 1. The Morgan fingerprint density at radius 1 is 1.33 bits per heavy atom. The summed E-state index contributed by atoms with van der Waals surface area (Å²) in [6.07, 6.45) is 0.581. The zero-order valence-corrected chi connectivity index (χ0v) is 14.2. The molecular formula is C15H22N6O3. The predicted molar refractivity (Wildman–Crippen MR) is 86.7 cm³/mol. The molecule has 1 fully saturated rings. The van der Waals surface area contributed by atoms with Crippen molar-refractivity contribution in [3.8, 4) is 0 Å². The smallest absolute Gasteiger partial charge is 0.330 e. The number of nitrogens with zero attached hydrogens (tertiary/aromatic N) is 5. The molecule has 0 bridgehead atoms. The molecule has 1 atom stereocenters.